The van der Waals surface area contributed by atoms with Crippen LogP contribution < -0.4 is 10.2 Å². The van der Waals surface area contributed by atoms with Gasteiger partial charge in [0.1, 0.15) is 11.9 Å². The Hall–Kier alpha value is -2.81. The number of fused-ring (bicyclic) bond motifs is 1. The number of benzene rings is 1. The number of carbonyl (C=O) groups is 4. The summed E-state index contributed by atoms with van der Waals surface area (Å²) in [4.78, 5) is 54.2. The molecule has 2 fully saturated rings. The zero-order valence-electron chi connectivity index (χ0n) is 16.4. The molecule has 154 valence electrons. The highest BCUT2D eigenvalue weighted by atomic mass is 19.1. The molecule has 1 aromatic rings. The predicted molar refractivity (Wildman–Crippen MR) is 102 cm³/mol. The van der Waals surface area contributed by atoms with Gasteiger partial charge in [-0.25, -0.2) is 4.39 Å². The Labute approximate surface area is 167 Å². The van der Waals surface area contributed by atoms with Crippen molar-refractivity contribution in [1.29, 1.82) is 0 Å². The molecule has 1 unspecified atom stereocenters. The molecule has 0 spiro atoms. The van der Waals surface area contributed by atoms with E-state index in [2.05, 4.69) is 24.1 Å². The van der Waals surface area contributed by atoms with Crippen LogP contribution in [0.1, 0.15) is 47.4 Å². The van der Waals surface area contributed by atoms with E-state index < -0.39 is 35.5 Å². The average Bonchev–Trinajstić information content (AvgIpc) is 2.91. The summed E-state index contributed by atoms with van der Waals surface area (Å²) >= 11 is 0. The number of piperidine rings is 1. The van der Waals surface area contributed by atoms with Gasteiger partial charge in [-0.1, -0.05) is 0 Å². The van der Waals surface area contributed by atoms with Crippen molar-refractivity contribution in [2.24, 2.45) is 0 Å². The third kappa shape index (κ3) is 3.29. The van der Waals surface area contributed by atoms with E-state index in [9.17, 15) is 23.6 Å². The predicted octanol–water partition coefficient (Wildman–Crippen LogP) is 0.757. The lowest BCUT2D eigenvalue weighted by atomic mass is 10.0. The topological polar surface area (TPSA) is 90.0 Å². The van der Waals surface area contributed by atoms with Crippen LogP contribution >= 0.6 is 0 Å². The fourth-order valence-electron chi connectivity index (χ4n) is 4.20. The van der Waals surface area contributed by atoms with Gasteiger partial charge < -0.3 is 4.90 Å². The first kappa shape index (κ1) is 19.5. The summed E-state index contributed by atoms with van der Waals surface area (Å²) in [5.41, 5.74) is 0.350. The molecule has 0 aliphatic carbocycles. The van der Waals surface area contributed by atoms with Crippen LogP contribution in [0.4, 0.5) is 10.1 Å². The molecule has 4 amide bonds. The molecule has 0 bridgehead atoms. The Bertz CT molecular complexity index is 908. The Morgan fingerprint density at radius 2 is 1.62 bits per heavy atom. The van der Waals surface area contributed by atoms with Crippen molar-refractivity contribution < 1.29 is 23.6 Å². The lowest BCUT2D eigenvalue weighted by Crippen LogP contribution is -2.54. The lowest BCUT2D eigenvalue weighted by Gasteiger charge is -2.38. The number of anilines is 1. The number of carbonyl (C=O) groups excluding carboxylic acids is 4. The minimum absolute atomic E-state index is 0.0400. The highest BCUT2D eigenvalue weighted by molar-refractivity contribution is 6.23. The second-order valence-corrected chi connectivity index (χ2v) is 7.91. The minimum Gasteiger partial charge on any atom is -0.367 e. The molecule has 1 aromatic carbocycles. The van der Waals surface area contributed by atoms with Gasteiger partial charge in [-0.15, -0.1) is 0 Å². The SMILES string of the molecule is CC(C)N1CCN(c2cc3c(cc2F)C(=O)N(C2CCC(=O)NC2=O)C3=O)CC1. The summed E-state index contributed by atoms with van der Waals surface area (Å²) in [6.07, 6.45) is 0.117. The number of hydrogen-bond acceptors (Lipinski definition) is 6. The Kier molecular flexibility index (Phi) is 4.85. The van der Waals surface area contributed by atoms with E-state index in [1.807, 2.05) is 4.90 Å². The van der Waals surface area contributed by atoms with Gasteiger partial charge in [0.05, 0.1) is 16.8 Å². The van der Waals surface area contributed by atoms with Gasteiger partial charge in [0.15, 0.2) is 0 Å². The third-order valence-electron chi connectivity index (χ3n) is 5.89. The number of amides is 4. The largest absolute Gasteiger partial charge is 0.367 e. The number of nitrogens with one attached hydrogen (secondary N) is 1. The second-order valence-electron chi connectivity index (χ2n) is 7.91. The summed E-state index contributed by atoms with van der Waals surface area (Å²) in [7, 11) is 0. The van der Waals surface area contributed by atoms with Gasteiger partial charge in [0.25, 0.3) is 11.8 Å². The van der Waals surface area contributed by atoms with E-state index in [0.717, 1.165) is 24.1 Å². The number of halogens is 1. The summed E-state index contributed by atoms with van der Waals surface area (Å²) < 4.78 is 14.8. The van der Waals surface area contributed by atoms with Gasteiger partial charge in [-0.3, -0.25) is 34.3 Å². The second kappa shape index (κ2) is 7.22. The van der Waals surface area contributed by atoms with Crippen LogP contribution in [-0.4, -0.2) is 71.7 Å². The molecule has 3 heterocycles. The lowest BCUT2D eigenvalue weighted by molar-refractivity contribution is -0.136. The molecule has 1 N–H and O–H groups in total. The molecular weight excluding hydrogens is 379 g/mol. The molecule has 3 aliphatic heterocycles. The highest BCUT2D eigenvalue weighted by Crippen LogP contribution is 2.33. The number of piperazine rings is 1. The molecule has 29 heavy (non-hydrogen) atoms. The normalized spacial score (nSPS) is 23.1. The quantitative estimate of drug-likeness (QED) is 0.751. The Morgan fingerprint density at radius 1 is 1.00 bits per heavy atom. The van der Waals surface area contributed by atoms with Crippen molar-refractivity contribution >= 4 is 29.3 Å². The van der Waals surface area contributed by atoms with Crippen LogP contribution in [0.3, 0.4) is 0 Å². The minimum atomic E-state index is -1.05. The molecule has 1 atom stereocenters. The van der Waals surface area contributed by atoms with E-state index >= 15 is 0 Å². The van der Waals surface area contributed by atoms with E-state index in [0.29, 0.717) is 24.8 Å². The molecule has 0 saturated carbocycles. The molecule has 2 saturated heterocycles. The van der Waals surface area contributed by atoms with E-state index in [-0.39, 0.29) is 24.0 Å². The molecule has 8 nitrogen and oxygen atoms in total. The maximum absolute atomic E-state index is 14.8. The van der Waals surface area contributed by atoms with Gasteiger partial charge in [-0.05, 0) is 32.4 Å². The molecule has 0 radical (unpaired) electrons. The van der Waals surface area contributed by atoms with Gasteiger partial charge in [-0.2, -0.15) is 0 Å². The summed E-state index contributed by atoms with van der Waals surface area (Å²) in [6, 6.07) is 1.86. The first-order chi connectivity index (χ1) is 13.8. The van der Waals surface area contributed by atoms with E-state index in [1.54, 1.807) is 0 Å². The highest BCUT2D eigenvalue weighted by Gasteiger charge is 2.45. The summed E-state index contributed by atoms with van der Waals surface area (Å²) in [6.45, 7) is 7.02. The molecule has 4 rings (SSSR count). The molecule has 0 aromatic heterocycles. The summed E-state index contributed by atoms with van der Waals surface area (Å²) in [5.74, 6) is -3.00. The standard InChI is InChI=1S/C20H23FN4O4/c1-11(2)23-5-7-24(8-6-23)16-10-13-12(9-14(16)21)19(28)25(20(13)29)15-3-4-17(26)22-18(15)27/h9-11,15H,3-8H2,1-2H3,(H,22,26,27). The molecule has 9 heteroatoms. The van der Waals surface area contributed by atoms with Crippen LogP contribution in [0.2, 0.25) is 0 Å². The smallest absolute Gasteiger partial charge is 0.262 e. The van der Waals surface area contributed by atoms with E-state index in [1.165, 1.54) is 6.07 Å². The van der Waals surface area contributed by atoms with Crippen molar-refractivity contribution in [1.82, 2.24) is 15.1 Å². The van der Waals surface area contributed by atoms with Crippen molar-refractivity contribution in [3.8, 4) is 0 Å². The molecular formula is C20H23FN4O4. The Balaban J connectivity index is 1.60. The van der Waals surface area contributed by atoms with E-state index in [4.69, 9.17) is 0 Å². The Morgan fingerprint density at radius 3 is 2.21 bits per heavy atom. The first-order valence-electron chi connectivity index (χ1n) is 9.82. The zero-order valence-corrected chi connectivity index (χ0v) is 16.4. The number of rotatable bonds is 3. The average molecular weight is 402 g/mol. The maximum atomic E-state index is 14.8. The van der Waals surface area contributed by atoms with Crippen LogP contribution in [0, 0.1) is 5.82 Å². The van der Waals surface area contributed by atoms with Gasteiger partial charge in [0, 0.05) is 38.6 Å². The third-order valence-corrected chi connectivity index (χ3v) is 5.89. The number of nitrogens with zero attached hydrogens (tertiary/aromatic N) is 3. The molecule has 3 aliphatic rings. The summed E-state index contributed by atoms with van der Waals surface area (Å²) in [5, 5.41) is 2.15. The van der Waals surface area contributed by atoms with Gasteiger partial charge in [0.2, 0.25) is 11.8 Å². The number of imide groups is 2. The van der Waals surface area contributed by atoms with Gasteiger partial charge >= 0.3 is 0 Å². The zero-order chi connectivity index (χ0) is 20.9. The van der Waals surface area contributed by atoms with Crippen molar-refractivity contribution in [3.05, 3.63) is 29.1 Å². The van der Waals surface area contributed by atoms with Crippen molar-refractivity contribution in [3.63, 3.8) is 0 Å². The van der Waals surface area contributed by atoms with Crippen LogP contribution in [0.25, 0.3) is 0 Å². The first-order valence-corrected chi connectivity index (χ1v) is 9.82. The fraction of sp³-hybridized carbons (Fsp3) is 0.500. The monoisotopic (exact) mass is 402 g/mol. The maximum Gasteiger partial charge on any atom is 0.262 e. The van der Waals surface area contributed by atoms with Crippen LogP contribution in [0.15, 0.2) is 12.1 Å². The van der Waals surface area contributed by atoms with Crippen molar-refractivity contribution in [2.75, 3.05) is 31.1 Å². The van der Waals surface area contributed by atoms with Crippen molar-refractivity contribution in [2.45, 2.75) is 38.8 Å². The fourth-order valence-corrected chi connectivity index (χ4v) is 4.20. The van der Waals surface area contributed by atoms with Crippen LogP contribution in [0.5, 0.6) is 0 Å². The number of hydrogen-bond donors (Lipinski definition) is 1. The van der Waals surface area contributed by atoms with Crippen LogP contribution in [-0.2, 0) is 9.59 Å².